The zero-order valence-corrected chi connectivity index (χ0v) is 14.1. The second-order valence-electron chi connectivity index (χ2n) is 5.40. The van der Waals surface area contributed by atoms with Crippen molar-refractivity contribution < 1.29 is 4.79 Å². The van der Waals surface area contributed by atoms with Crippen LogP contribution >= 0.6 is 22.6 Å². The van der Waals surface area contributed by atoms with E-state index < -0.39 is 0 Å². The molecule has 0 atom stereocenters. The van der Waals surface area contributed by atoms with Crippen molar-refractivity contribution in [3.8, 4) is 0 Å². The number of hydrogen-bond donors (Lipinski definition) is 1. The predicted molar refractivity (Wildman–Crippen MR) is 93.2 cm³/mol. The highest BCUT2D eigenvalue weighted by Gasteiger charge is 2.24. The van der Waals surface area contributed by atoms with Crippen molar-refractivity contribution in [3.05, 3.63) is 62.2 Å². The van der Waals surface area contributed by atoms with E-state index in [0.29, 0.717) is 6.54 Å². The van der Waals surface area contributed by atoms with Gasteiger partial charge in [-0.1, -0.05) is 24.3 Å². The van der Waals surface area contributed by atoms with Crippen molar-refractivity contribution in [2.75, 3.05) is 12.3 Å². The van der Waals surface area contributed by atoms with Crippen LogP contribution in [0.2, 0.25) is 0 Å². The number of hydrogen-bond acceptors (Lipinski definition) is 2. The van der Waals surface area contributed by atoms with Crippen molar-refractivity contribution in [3.63, 3.8) is 0 Å². The number of aryl methyl sites for hydroxylation is 1. The first-order valence-electron chi connectivity index (χ1n) is 6.98. The smallest absolute Gasteiger partial charge is 0.255 e. The number of benzene rings is 2. The fraction of sp³-hybridized carbons (Fsp3) is 0.235. The minimum Gasteiger partial charge on any atom is -0.398 e. The van der Waals surface area contributed by atoms with Crippen LogP contribution in [0.25, 0.3) is 0 Å². The topological polar surface area (TPSA) is 46.3 Å². The summed E-state index contributed by atoms with van der Waals surface area (Å²) in [6.45, 7) is 3.38. The molecular weight excluding hydrogens is 375 g/mol. The first-order valence-corrected chi connectivity index (χ1v) is 8.06. The van der Waals surface area contributed by atoms with Gasteiger partial charge in [-0.15, -0.1) is 0 Å². The fourth-order valence-corrected chi connectivity index (χ4v) is 3.35. The molecule has 0 unspecified atom stereocenters. The Morgan fingerprint density at radius 2 is 2.00 bits per heavy atom. The molecule has 3 rings (SSSR count). The minimum absolute atomic E-state index is 0.0944. The number of nitrogen functional groups attached to an aromatic ring is 1. The number of fused-ring (bicyclic) bond motifs is 1. The molecule has 1 aliphatic heterocycles. The van der Waals surface area contributed by atoms with E-state index in [-0.39, 0.29) is 5.91 Å². The van der Waals surface area contributed by atoms with Gasteiger partial charge in [0, 0.05) is 22.3 Å². The van der Waals surface area contributed by atoms with Crippen molar-refractivity contribution >= 4 is 34.2 Å². The summed E-state index contributed by atoms with van der Waals surface area (Å²) in [5, 5.41) is 0. The maximum absolute atomic E-state index is 12.8. The third-order valence-corrected chi connectivity index (χ3v) is 5.45. The summed E-state index contributed by atoms with van der Waals surface area (Å²) >= 11 is 2.25. The molecule has 108 valence electrons. The highest BCUT2D eigenvalue weighted by atomic mass is 127. The van der Waals surface area contributed by atoms with Gasteiger partial charge in [-0.25, -0.2) is 0 Å². The Kier molecular flexibility index (Phi) is 3.89. The van der Waals surface area contributed by atoms with E-state index in [0.717, 1.165) is 38.9 Å². The van der Waals surface area contributed by atoms with Gasteiger partial charge in [-0.3, -0.25) is 4.79 Å². The quantitative estimate of drug-likeness (QED) is 0.598. The maximum atomic E-state index is 12.8. The van der Waals surface area contributed by atoms with Gasteiger partial charge in [0.05, 0.1) is 5.56 Å². The van der Waals surface area contributed by atoms with E-state index in [9.17, 15) is 4.79 Å². The summed E-state index contributed by atoms with van der Waals surface area (Å²) in [4.78, 5) is 14.7. The van der Waals surface area contributed by atoms with Crippen molar-refractivity contribution in [2.45, 2.75) is 19.9 Å². The van der Waals surface area contributed by atoms with E-state index in [1.807, 2.05) is 42.2 Å². The summed E-state index contributed by atoms with van der Waals surface area (Å²) in [6.07, 6.45) is 0.870. The number of anilines is 1. The van der Waals surface area contributed by atoms with Crippen LogP contribution in [0, 0.1) is 10.5 Å². The zero-order valence-electron chi connectivity index (χ0n) is 11.9. The van der Waals surface area contributed by atoms with Gasteiger partial charge in [-0.2, -0.15) is 0 Å². The Bertz CT molecular complexity index is 712. The molecule has 1 amide bonds. The van der Waals surface area contributed by atoms with Crippen LogP contribution in [0.5, 0.6) is 0 Å². The van der Waals surface area contributed by atoms with E-state index >= 15 is 0 Å². The average Bonchev–Trinajstić information content (AvgIpc) is 2.49. The number of carbonyl (C=O) groups excluding carboxylic acids is 1. The van der Waals surface area contributed by atoms with Crippen LogP contribution < -0.4 is 5.73 Å². The molecule has 0 aliphatic carbocycles. The molecule has 0 fully saturated rings. The van der Waals surface area contributed by atoms with Crippen LogP contribution in [-0.4, -0.2) is 17.4 Å². The molecule has 0 aromatic heterocycles. The van der Waals surface area contributed by atoms with E-state index in [2.05, 4.69) is 28.7 Å². The largest absolute Gasteiger partial charge is 0.398 e. The molecule has 2 N–H and O–H groups in total. The number of nitrogens with zero attached hydrogens (tertiary/aromatic N) is 1. The Labute approximate surface area is 138 Å². The van der Waals surface area contributed by atoms with Crippen LogP contribution in [0.4, 0.5) is 5.69 Å². The number of carbonyl (C=O) groups is 1. The van der Waals surface area contributed by atoms with Gasteiger partial charge in [0.25, 0.3) is 5.91 Å². The van der Waals surface area contributed by atoms with Gasteiger partial charge in [0.2, 0.25) is 0 Å². The highest BCUT2D eigenvalue weighted by molar-refractivity contribution is 14.1. The van der Waals surface area contributed by atoms with Crippen LogP contribution in [0.1, 0.15) is 27.0 Å². The molecule has 2 aromatic carbocycles. The lowest BCUT2D eigenvalue weighted by molar-refractivity contribution is 0.0734. The lowest BCUT2D eigenvalue weighted by Crippen LogP contribution is -2.36. The summed E-state index contributed by atoms with van der Waals surface area (Å²) in [7, 11) is 0. The van der Waals surface area contributed by atoms with Gasteiger partial charge >= 0.3 is 0 Å². The van der Waals surface area contributed by atoms with E-state index in [1.165, 1.54) is 5.56 Å². The highest BCUT2D eigenvalue weighted by Crippen LogP contribution is 2.26. The Balaban J connectivity index is 1.91. The standard InChI is InChI=1S/C17H17IN2O/c1-11-4-2-6-13(16(11)18)17(21)20-9-8-12-5-3-7-15(19)14(12)10-20/h2-7H,8-10,19H2,1H3. The van der Waals surface area contributed by atoms with Crippen molar-refractivity contribution in [1.29, 1.82) is 0 Å². The van der Waals surface area contributed by atoms with E-state index in [1.54, 1.807) is 0 Å². The average molecular weight is 392 g/mol. The van der Waals surface area contributed by atoms with Gasteiger partial charge in [-0.05, 0) is 64.8 Å². The molecule has 4 heteroatoms. The molecule has 3 nitrogen and oxygen atoms in total. The summed E-state index contributed by atoms with van der Waals surface area (Å²) in [6, 6.07) is 11.9. The van der Waals surface area contributed by atoms with Gasteiger partial charge in [0.15, 0.2) is 0 Å². The molecule has 0 saturated carbocycles. The Morgan fingerprint density at radius 1 is 1.24 bits per heavy atom. The molecule has 1 aliphatic rings. The Hall–Kier alpha value is -1.56. The molecule has 21 heavy (non-hydrogen) atoms. The van der Waals surface area contributed by atoms with Crippen LogP contribution in [-0.2, 0) is 13.0 Å². The number of halogens is 1. The number of nitrogens with two attached hydrogens (primary N) is 1. The first-order chi connectivity index (χ1) is 10.1. The van der Waals surface area contributed by atoms with Gasteiger partial charge < -0.3 is 10.6 Å². The number of rotatable bonds is 1. The van der Waals surface area contributed by atoms with Crippen LogP contribution in [0.3, 0.4) is 0 Å². The summed E-state index contributed by atoms with van der Waals surface area (Å²) in [5.41, 5.74) is 11.1. The first kappa shape index (κ1) is 14.4. The second kappa shape index (κ2) is 5.67. The normalized spacial score (nSPS) is 13.9. The van der Waals surface area contributed by atoms with Gasteiger partial charge in [0.1, 0.15) is 0 Å². The minimum atomic E-state index is 0.0944. The second-order valence-corrected chi connectivity index (χ2v) is 6.48. The lowest BCUT2D eigenvalue weighted by atomic mass is 9.97. The molecule has 1 heterocycles. The maximum Gasteiger partial charge on any atom is 0.255 e. The molecule has 0 spiro atoms. The monoisotopic (exact) mass is 392 g/mol. The van der Waals surface area contributed by atoms with E-state index in [4.69, 9.17) is 5.73 Å². The molecule has 0 radical (unpaired) electrons. The molecular formula is C17H17IN2O. The molecule has 0 saturated heterocycles. The third kappa shape index (κ3) is 2.64. The SMILES string of the molecule is Cc1cccc(C(=O)N2CCc3cccc(N)c3C2)c1I. The summed E-state index contributed by atoms with van der Waals surface area (Å²) < 4.78 is 1.03. The van der Waals surface area contributed by atoms with Crippen molar-refractivity contribution in [1.82, 2.24) is 4.90 Å². The van der Waals surface area contributed by atoms with Crippen molar-refractivity contribution in [2.24, 2.45) is 0 Å². The molecule has 2 aromatic rings. The predicted octanol–water partition coefficient (Wildman–Crippen LogP) is 3.38. The number of amides is 1. The fourth-order valence-electron chi connectivity index (χ4n) is 2.76. The third-order valence-electron chi connectivity index (χ3n) is 4.02. The lowest BCUT2D eigenvalue weighted by Gasteiger charge is -2.30. The zero-order chi connectivity index (χ0) is 15.0. The van der Waals surface area contributed by atoms with Crippen LogP contribution in [0.15, 0.2) is 36.4 Å². The Morgan fingerprint density at radius 3 is 2.81 bits per heavy atom. The molecule has 0 bridgehead atoms. The summed E-state index contributed by atoms with van der Waals surface area (Å²) in [5.74, 6) is 0.0944.